The van der Waals surface area contributed by atoms with Gasteiger partial charge in [-0.05, 0) is 35.7 Å². The molecule has 0 amide bonds. The molecule has 2 N–H and O–H groups in total. The number of H-pyrrole nitrogens is 1. The van der Waals surface area contributed by atoms with Crippen LogP contribution >= 0.6 is 35.1 Å². The molecule has 0 aliphatic carbocycles. The van der Waals surface area contributed by atoms with Crippen LogP contribution in [0.1, 0.15) is 29.5 Å². The zero-order valence-electron chi connectivity index (χ0n) is 15.5. The number of nitrogens with one attached hydrogen (secondary N) is 1. The van der Waals surface area contributed by atoms with E-state index in [-0.39, 0.29) is 0 Å². The second-order valence-corrected chi connectivity index (χ2v) is 8.59. The summed E-state index contributed by atoms with van der Waals surface area (Å²) in [5.74, 6) is -0.202. The third-order valence-corrected chi connectivity index (χ3v) is 6.19. The number of aromatic amines is 1. The van der Waals surface area contributed by atoms with Crippen molar-refractivity contribution in [2.24, 2.45) is 0 Å². The number of rotatable bonds is 8. The average Bonchev–Trinajstić information content (AvgIpc) is 2.70. The minimum absolute atomic E-state index is 0.404. The highest BCUT2D eigenvalue weighted by Crippen LogP contribution is 2.24. The molecule has 0 radical (unpaired) electrons. The van der Waals surface area contributed by atoms with Crippen LogP contribution in [0.15, 0.2) is 63.6 Å². The van der Waals surface area contributed by atoms with E-state index in [0.717, 1.165) is 16.7 Å². The molecular weight excluding hydrogens is 430 g/mol. The van der Waals surface area contributed by atoms with Gasteiger partial charge >= 0.3 is 11.7 Å². The van der Waals surface area contributed by atoms with E-state index >= 15 is 0 Å². The van der Waals surface area contributed by atoms with Crippen molar-refractivity contribution in [1.29, 1.82) is 0 Å². The summed E-state index contributed by atoms with van der Waals surface area (Å²) in [5.41, 5.74) is 2.34. The Morgan fingerprint density at radius 3 is 2.52 bits per heavy atom. The highest BCUT2D eigenvalue weighted by molar-refractivity contribution is 7.99. The maximum Gasteiger partial charge on any atom is 0.349 e. The van der Waals surface area contributed by atoms with Crippen molar-refractivity contribution in [2.75, 3.05) is 0 Å². The van der Waals surface area contributed by atoms with E-state index in [1.165, 1.54) is 23.5 Å². The molecule has 3 rings (SSSR count). The molecule has 0 bridgehead atoms. The number of hydrogen-bond acceptors (Lipinski definition) is 6. The smallest absolute Gasteiger partial charge is 0.349 e. The van der Waals surface area contributed by atoms with Crippen molar-refractivity contribution in [3.63, 3.8) is 0 Å². The molecule has 29 heavy (non-hydrogen) atoms. The number of aliphatic carboxylic acids is 1. The van der Waals surface area contributed by atoms with Gasteiger partial charge in [-0.2, -0.15) is 9.97 Å². The maximum atomic E-state index is 11.9. The van der Waals surface area contributed by atoms with E-state index in [2.05, 4.69) is 15.0 Å². The first-order chi connectivity index (χ1) is 13.9. The van der Waals surface area contributed by atoms with Gasteiger partial charge in [0, 0.05) is 16.5 Å². The number of thioether (sulfide) groups is 2. The van der Waals surface area contributed by atoms with Gasteiger partial charge in [0.25, 0.3) is 0 Å². The van der Waals surface area contributed by atoms with E-state index in [4.69, 9.17) is 16.7 Å². The Kier molecular flexibility index (Phi) is 7.35. The standard InChI is InChI=1S/C20H18ClN3O3S2/c1-12(17(25)26)15-7-5-13(6-8-15)10-28-19-22-18(27)23-20(24-19)29-11-14-3-2-4-16(21)9-14/h2-9,12H,10-11H2,1H3,(H,25,26)(H,22,23,24,27). The second kappa shape index (κ2) is 9.96. The van der Waals surface area contributed by atoms with Crippen LogP contribution in [0, 0.1) is 0 Å². The summed E-state index contributed by atoms with van der Waals surface area (Å²) in [6, 6.07) is 14.9. The van der Waals surface area contributed by atoms with Gasteiger partial charge in [-0.25, -0.2) is 4.79 Å². The molecule has 0 aliphatic rings. The largest absolute Gasteiger partial charge is 0.481 e. The van der Waals surface area contributed by atoms with Crippen molar-refractivity contribution in [3.05, 3.63) is 80.7 Å². The van der Waals surface area contributed by atoms with Crippen molar-refractivity contribution < 1.29 is 9.90 Å². The summed E-state index contributed by atoms with van der Waals surface area (Å²) in [6.45, 7) is 1.65. The van der Waals surface area contributed by atoms with Crippen LogP contribution in [0.3, 0.4) is 0 Å². The van der Waals surface area contributed by atoms with Gasteiger partial charge in [0.2, 0.25) is 0 Å². The molecule has 0 saturated carbocycles. The lowest BCUT2D eigenvalue weighted by molar-refractivity contribution is -0.138. The number of halogens is 1. The lowest BCUT2D eigenvalue weighted by atomic mass is 10.0. The number of nitrogens with zero attached hydrogens (tertiary/aromatic N) is 2. The number of carboxylic acids is 1. The van der Waals surface area contributed by atoms with E-state index in [9.17, 15) is 9.59 Å². The Hall–Kier alpha value is -2.29. The number of benzene rings is 2. The highest BCUT2D eigenvalue weighted by Gasteiger charge is 2.13. The zero-order valence-corrected chi connectivity index (χ0v) is 17.9. The summed E-state index contributed by atoms with van der Waals surface area (Å²) < 4.78 is 0. The third kappa shape index (κ3) is 6.35. The first kappa shape index (κ1) is 21.4. The molecule has 1 aromatic heterocycles. The predicted molar refractivity (Wildman–Crippen MR) is 116 cm³/mol. The predicted octanol–water partition coefficient (Wildman–Crippen LogP) is 4.59. The molecule has 2 aromatic carbocycles. The molecule has 0 aliphatic heterocycles. The minimum atomic E-state index is -0.853. The highest BCUT2D eigenvalue weighted by atomic mass is 35.5. The molecule has 0 saturated heterocycles. The molecule has 0 fully saturated rings. The first-order valence-electron chi connectivity index (χ1n) is 8.71. The minimum Gasteiger partial charge on any atom is -0.481 e. The van der Waals surface area contributed by atoms with Crippen LogP contribution in [0.25, 0.3) is 0 Å². The Morgan fingerprint density at radius 2 is 1.83 bits per heavy atom. The topological polar surface area (TPSA) is 95.9 Å². The average molecular weight is 448 g/mol. The van der Waals surface area contributed by atoms with Crippen molar-refractivity contribution >= 4 is 41.1 Å². The van der Waals surface area contributed by atoms with E-state index in [1.54, 1.807) is 6.92 Å². The molecule has 150 valence electrons. The Balaban J connectivity index is 1.62. The monoisotopic (exact) mass is 447 g/mol. The van der Waals surface area contributed by atoms with E-state index < -0.39 is 17.6 Å². The summed E-state index contributed by atoms with van der Waals surface area (Å²) in [4.78, 5) is 33.9. The van der Waals surface area contributed by atoms with Gasteiger partial charge in [0.1, 0.15) is 0 Å². The van der Waals surface area contributed by atoms with Gasteiger partial charge in [0.15, 0.2) is 10.3 Å². The number of carbonyl (C=O) groups is 1. The third-order valence-electron chi connectivity index (χ3n) is 4.09. The van der Waals surface area contributed by atoms with Crippen molar-refractivity contribution in [2.45, 2.75) is 34.7 Å². The first-order valence-corrected chi connectivity index (χ1v) is 11.1. The molecule has 3 aromatic rings. The zero-order chi connectivity index (χ0) is 20.8. The molecule has 6 nitrogen and oxygen atoms in total. The summed E-state index contributed by atoms with van der Waals surface area (Å²) >= 11 is 8.75. The van der Waals surface area contributed by atoms with Crippen LogP contribution < -0.4 is 5.69 Å². The Labute approximate surface area is 181 Å². The molecule has 1 unspecified atom stereocenters. The van der Waals surface area contributed by atoms with Crippen molar-refractivity contribution in [3.8, 4) is 0 Å². The molecule has 1 heterocycles. The summed E-state index contributed by atoms with van der Waals surface area (Å²) in [6.07, 6.45) is 0. The summed E-state index contributed by atoms with van der Waals surface area (Å²) in [5, 5.41) is 10.6. The molecule has 9 heteroatoms. The molecule has 1 atom stereocenters. The lowest BCUT2D eigenvalue weighted by Gasteiger charge is -2.08. The maximum absolute atomic E-state index is 11.9. The second-order valence-electron chi connectivity index (χ2n) is 6.25. The number of aromatic nitrogens is 3. The van der Waals surface area contributed by atoms with Crippen LogP contribution in [0.5, 0.6) is 0 Å². The Bertz CT molecular complexity index is 1060. The van der Waals surface area contributed by atoms with Gasteiger partial charge < -0.3 is 5.11 Å². The fraction of sp³-hybridized carbons (Fsp3) is 0.200. The van der Waals surface area contributed by atoms with Gasteiger partial charge in [0.05, 0.1) is 5.92 Å². The van der Waals surface area contributed by atoms with Gasteiger partial charge in [-0.3, -0.25) is 9.78 Å². The lowest BCUT2D eigenvalue weighted by Crippen LogP contribution is -2.13. The van der Waals surface area contributed by atoms with Crippen LogP contribution in [0.2, 0.25) is 5.02 Å². The van der Waals surface area contributed by atoms with Crippen molar-refractivity contribution in [1.82, 2.24) is 15.0 Å². The number of hydrogen-bond donors (Lipinski definition) is 2. The summed E-state index contributed by atoms with van der Waals surface area (Å²) in [7, 11) is 0. The fourth-order valence-corrected chi connectivity index (χ4v) is 4.31. The quantitative estimate of drug-likeness (QED) is 0.487. The normalized spacial score (nSPS) is 11.9. The fourth-order valence-electron chi connectivity index (χ4n) is 2.45. The van der Waals surface area contributed by atoms with E-state index in [1.807, 2.05) is 48.5 Å². The SMILES string of the molecule is CC(C(=O)O)c1ccc(CSc2nc(SCc3cccc(Cl)c3)nc(=O)[nH]2)cc1. The van der Waals surface area contributed by atoms with Gasteiger partial charge in [-0.1, -0.05) is 71.5 Å². The Morgan fingerprint density at radius 1 is 1.10 bits per heavy atom. The van der Waals surface area contributed by atoms with Crippen LogP contribution in [0.4, 0.5) is 0 Å². The molecular formula is C20H18ClN3O3S2. The van der Waals surface area contributed by atoms with E-state index in [0.29, 0.717) is 26.8 Å². The molecule has 0 spiro atoms. The number of carboxylic acid groups (broad SMARTS) is 1. The van der Waals surface area contributed by atoms with Crippen LogP contribution in [-0.4, -0.2) is 26.0 Å². The van der Waals surface area contributed by atoms with Crippen LogP contribution in [-0.2, 0) is 16.3 Å². The van der Waals surface area contributed by atoms with Gasteiger partial charge in [-0.15, -0.1) is 0 Å².